The van der Waals surface area contributed by atoms with Gasteiger partial charge in [0.15, 0.2) is 6.29 Å². The zero-order valence-electron chi connectivity index (χ0n) is 15.7. The fourth-order valence-corrected chi connectivity index (χ4v) is 2.91. The van der Waals surface area contributed by atoms with Crippen molar-refractivity contribution in [3.05, 3.63) is 29.8 Å². The second-order valence-corrected chi connectivity index (χ2v) is 6.96. The first-order chi connectivity index (χ1) is 12.5. The van der Waals surface area contributed by atoms with E-state index in [9.17, 15) is 9.90 Å². The number of carbonyl (C=O) groups is 1. The van der Waals surface area contributed by atoms with Gasteiger partial charge in [-0.25, -0.2) is 4.79 Å². The molecule has 1 saturated heterocycles. The first-order valence-electron chi connectivity index (χ1n) is 9.07. The van der Waals surface area contributed by atoms with Gasteiger partial charge in [-0.2, -0.15) is 0 Å². The normalized spacial score (nSPS) is 20.8. The molecule has 3 N–H and O–H groups in total. The molecule has 1 unspecified atom stereocenters. The van der Waals surface area contributed by atoms with Crippen molar-refractivity contribution < 1.29 is 24.1 Å². The van der Waals surface area contributed by atoms with E-state index < -0.39 is 12.4 Å². The molecule has 26 heavy (non-hydrogen) atoms. The van der Waals surface area contributed by atoms with Gasteiger partial charge in [-0.15, -0.1) is 0 Å². The Morgan fingerprint density at radius 1 is 1.35 bits per heavy atom. The number of benzene rings is 1. The fraction of sp³-hybridized carbons (Fsp3) is 0.632. The summed E-state index contributed by atoms with van der Waals surface area (Å²) in [6.45, 7) is 5.51. The van der Waals surface area contributed by atoms with Crippen molar-refractivity contribution in [3.63, 3.8) is 0 Å². The summed E-state index contributed by atoms with van der Waals surface area (Å²) in [5, 5.41) is 15.9. The van der Waals surface area contributed by atoms with Gasteiger partial charge in [0.25, 0.3) is 0 Å². The number of hydrogen-bond donors (Lipinski definition) is 3. The molecule has 3 atom stereocenters. The number of ether oxygens (including phenoxy) is 3. The van der Waals surface area contributed by atoms with Crippen LogP contribution in [0.2, 0.25) is 0 Å². The molecule has 0 aromatic heterocycles. The summed E-state index contributed by atoms with van der Waals surface area (Å²) < 4.78 is 15.6. The third-order valence-corrected chi connectivity index (χ3v) is 4.29. The highest BCUT2D eigenvalue weighted by atomic mass is 16.6. The van der Waals surface area contributed by atoms with Gasteiger partial charge in [-0.3, -0.25) is 0 Å². The summed E-state index contributed by atoms with van der Waals surface area (Å²) >= 11 is 0. The molecule has 2 rings (SSSR count). The summed E-state index contributed by atoms with van der Waals surface area (Å²) in [5.41, 5.74) is 0.894. The first-order valence-corrected chi connectivity index (χ1v) is 9.07. The summed E-state index contributed by atoms with van der Waals surface area (Å²) in [5.74, 6) is 1.19. The lowest BCUT2D eigenvalue weighted by atomic mass is 10.0. The smallest absolute Gasteiger partial charge is 0.407 e. The van der Waals surface area contributed by atoms with E-state index >= 15 is 0 Å². The molecular formula is C19H30N2O5. The van der Waals surface area contributed by atoms with Crippen LogP contribution in [0.4, 0.5) is 4.79 Å². The van der Waals surface area contributed by atoms with Crippen molar-refractivity contribution in [3.8, 4) is 5.75 Å². The third kappa shape index (κ3) is 6.82. The predicted molar refractivity (Wildman–Crippen MR) is 97.9 cm³/mol. The topological polar surface area (TPSA) is 89.1 Å². The molecule has 1 aliphatic rings. The lowest BCUT2D eigenvalue weighted by molar-refractivity contribution is -0.0718. The van der Waals surface area contributed by atoms with Gasteiger partial charge in [-0.05, 0) is 36.5 Å². The predicted octanol–water partition coefficient (Wildman–Crippen LogP) is 2.03. The molecule has 1 heterocycles. The Hall–Kier alpha value is -1.83. The van der Waals surface area contributed by atoms with Crippen molar-refractivity contribution in [2.75, 3.05) is 20.3 Å². The number of nitrogens with one attached hydrogen (secondary N) is 2. The average molecular weight is 366 g/mol. The lowest BCUT2D eigenvalue weighted by Crippen LogP contribution is -2.47. The maximum atomic E-state index is 12.1. The van der Waals surface area contributed by atoms with Crippen LogP contribution < -0.4 is 15.4 Å². The number of carbonyl (C=O) groups excluding carboxylic acids is 1. The van der Waals surface area contributed by atoms with Crippen molar-refractivity contribution >= 4 is 6.09 Å². The minimum absolute atomic E-state index is 0.0776. The molecule has 0 radical (unpaired) electrons. The van der Waals surface area contributed by atoms with Crippen LogP contribution in [0.5, 0.6) is 5.75 Å². The molecule has 146 valence electrons. The van der Waals surface area contributed by atoms with E-state index in [4.69, 9.17) is 14.2 Å². The Morgan fingerprint density at radius 2 is 2.08 bits per heavy atom. The van der Waals surface area contributed by atoms with E-state index in [2.05, 4.69) is 24.5 Å². The van der Waals surface area contributed by atoms with Gasteiger partial charge >= 0.3 is 6.09 Å². The average Bonchev–Trinajstić information content (AvgIpc) is 3.03. The van der Waals surface area contributed by atoms with Gasteiger partial charge < -0.3 is 30.0 Å². The molecule has 0 saturated carbocycles. The second kappa shape index (κ2) is 10.4. The van der Waals surface area contributed by atoms with Crippen LogP contribution in [-0.2, 0) is 16.1 Å². The lowest BCUT2D eigenvalue weighted by Gasteiger charge is -2.23. The molecular weight excluding hydrogens is 336 g/mol. The van der Waals surface area contributed by atoms with E-state index in [1.807, 2.05) is 24.3 Å². The van der Waals surface area contributed by atoms with Crippen molar-refractivity contribution in [1.82, 2.24) is 10.6 Å². The van der Waals surface area contributed by atoms with Crippen LogP contribution in [0.15, 0.2) is 24.3 Å². The molecule has 1 fully saturated rings. The van der Waals surface area contributed by atoms with Crippen LogP contribution in [0.3, 0.4) is 0 Å². The third-order valence-electron chi connectivity index (χ3n) is 4.29. The Kier molecular flexibility index (Phi) is 8.15. The van der Waals surface area contributed by atoms with Crippen LogP contribution >= 0.6 is 0 Å². The van der Waals surface area contributed by atoms with E-state index in [-0.39, 0.29) is 18.7 Å². The summed E-state index contributed by atoms with van der Waals surface area (Å²) in [4.78, 5) is 12.1. The summed E-state index contributed by atoms with van der Waals surface area (Å²) in [6.07, 6.45) is 0.347. The molecule has 0 aliphatic carbocycles. The number of rotatable bonds is 9. The van der Waals surface area contributed by atoms with E-state index in [0.717, 1.165) is 24.2 Å². The monoisotopic (exact) mass is 366 g/mol. The number of aliphatic hydroxyl groups is 1. The van der Waals surface area contributed by atoms with Crippen LogP contribution in [-0.4, -0.2) is 49.8 Å². The Balaban J connectivity index is 1.78. The van der Waals surface area contributed by atoms with Crippen LogP contribution in [0.1, 0.15) is 32.3 Å². The molecule has 7 nitrogen and oxygen atoms in total. The summed E-state index contributed by atoms with van der Waals surface area (Å²) in [7, 11) is 1.61. The zero-order valence-corrected chi connectivity index (χ0v) is 15.7. The highest BCUT2D eigenvalue weighted by Crippen LogP contribution is 2.13. The highest BCUT2D eigenvalue weighted by molar-refractivity contribution is 5.67. The maximum absolute atomic E-state index is 12.1. The van der Waals surface area contributed by atoms with Gasteiger partial charge in [0.1, 0.15) is 12.4 Å². The first kappa shape index (κ1) is 20.5. The number of amides is 1. The Labute approximate surface area is 155 Å². The Morgan fingerprint density at radius 3 is 2.65 bits per heavy atom. The molecule has 1 aliphatic heterocycles. The number of hydrogen-bond acceptors (Lipinski definition) is 6. The van der Waals surface area contributed by atoms with Gasteiger partial charge in [-0.1, -0.05) is 26.0 Å². The van der Waals surface area contributed by atoms with Crippen molar-refractivity contribution in [2.45, 2.75) is 51.7 Å². The molecule has 0 bridgehead atoms. The standard InChI is InChI=1S/C19H30N2O5/c1-13(2)10-15(11-20-17-8-9-25-18(17)22)21-19(23)26-12-14-4-6-16(24-3)7-5-14/h4-7,13,15,17-18,20,22H,8-12H2,1-3H3,(H,21,23)/t15-,17+,18?/m1/s1. The Bertz CT molecular complexity index is 549. The van der Waals surface area contributed by atoms with E-state index in [0.29, 0.717) is 19.1 Å². The van der Waals surface area contributed by atoms with E-state index in [1.54, 1.807) is 7.11 Å². The number of methoxy groups -OCH3 is 1. The largest absolute Gasteiger partial charge is 0.497 e. The van der Waals surface area contributed by atoms with Gasteiger partial charge in [0.05, 0.1) is 19.8 Å². The van der Waals surface area contributed by atoms with Crippen molar-refractivity contribution in [2.24, 2.45) is 5.92 Å². The quantitative estimate of drug-likeness (QED) is 0.620. The van der Waals surface area contributed by atoms with Gasteiger partial charge in [0, 0.05) is 12.6 Å². The zero-order chi connectivity index (χ0) is 18.9. The minimum atomic E-state index is -0.781. The van der Waals surface area contributed by atoms with Crippen molar-refractivity contribution in [1.29, 1.82) is 0 Å². The van der Waals surface area contributed by atoms with Gasteiger partial charge in [0.2, 0.25) is 0 Å². The molecule has 1 aromatic rings. The SMILES string of the molecule is COc1ccc(COC(=O)N[C@@H](CN[C@H]2CCOC2O)CC(C)C)cc1. The summed E-state index contributed by atoms with van der Waals surface area (Å²) in [6, 6.07) is 7.21. The second-order valence-electron chi connectivity index (χ2n) is 6.96. The number of alkyl carbamates (subject to hydrolysis) is 1. The molecule has 1 aromatic carbocycles. The number of aliphatic hydroxyl groups excluding tert-OH is 1. The minimum Gasteiger partial charge on any atom is -0.497 e. The maximum Gasteiger partial charge on any atom is 0.407 e. The van der Waals surface area contributed by atoms with E-state index in [1.165, 1.54) is 0 Å². The fourth-order valence-electron chi connectivity index (χ4n) is 2.91. The molecule has 1 amide bonds. The van der Waals surface area contributed by atoms with Crippen LogP contribution in [0, 0.1) is 5.92 Å². The molecule has 0 spiro atoms. The molecule has 7 heteroatoms. The highest BCUT2D eigenvalue weighted by Gasteiger charge is 2.26. The van der Waals surface area contributed by atoms with Crippen LogP contribution in [0.25, 0.3) is 0 Å².